The van der Waals surface area contributed by atoms with Crippen LogP contribution in [-0.2, 0) is 0 Å². The van der Waals surface area contributed by atoms with Crippen molar-refractivity contribution in [1.29, 1.82) is 0 Å². The van der Waals surface area contributed by atoms with Crippen LogP contribution in [0.3, 0.4) is 0 Å². The van der Waals surface area contributed by atoms with E-state index < -0.39 is 6.10 Å². The Balaban J connectivity index is 1.74. The third kappa shape index (κ3) is 2.67. The summed E-state index contributed by atoms with van der Waals surface area (Å²) in [5, 5.41) is 18.0. The Morgan fingerprint density at radius 1 is 1.21 bits per heavy atom. The zero-order valence-corrected chi connectivity index (χ0v) is 13.1. The summed E-state index contributed by atoms with van der Waals surface area (Å²) in [6.45, 7) is 0. The van der Waals surface area contributed by atoms with Crippen LogP contribution < -0.4 is 10.9 Å². The zero-order chi connectivity index (χ0) is 16.5. The lowest BCUT2D eigenvalue weighted by molar-refractivity contribution is 0.116. The summed E-state index contributed by atoms with van der Waals surface area (Å²) in [5.41, 5.74) is 1.10. The first-order chi connectivity index (χ1) is 11.7. The summed E-state index contributed by atoms with van der Waals surface area (Å²) in [7, 11) is 0. The molecule has 3 aromatic rings. The van der Waals surface area contributed by atoms with Crippen molar-refractivity contribution in [3.05, 3.63) is 46.9 Å². The summed E-state index contributed by atoms with van der Waals surface area (Å²) >= 11 is 0. The number of rotatable bonds is 3. The number of aliphatic hydroxyl groups is 1. The van der Waals surface area contributed by atoms with E-state index in [0.717, 1.165) is 31.4 Å². The van der Waals surface area contributed by atoms with E-state index in [1.54, 1.807) is 4.68 Å². The number of H-pyrrole nitrogens is 1. The van der Waals surface area contributed by atoms with E-state index in [2.05, 4.69) is 20.4 Å². The number of aromatic nitrogens is 4. The van der Waals surface area contributed by atoms with Gasteiger partial charge in [-0.05, 0) is 25.0 Å². The van der Waals surface area contributed by atoms with Crippen LogP contribution in [0.1, 0.15) is 25.7 Å². The average Bonchev–Trinajstić information content (AvgIpc) is 3.02. The number of benzene rings is 1. The summed E-state index contributed by atoms with van der Waals surface area (Å²) < 4.78 is 1.65. The third-order valence-electron chi connectivity index (χ3n) is 4.49. The highest BCUT2D eigenvalue weighted by Gasteiger charge is 2.24. The fourth-order valence-electron chi connectivity index (χ4n) is 3.20. The van der Waals surface area contributed by atoms with Crippen LogP contribution in [0.2, 0.25) is 0 Å². The Hall–Kier alpha value is -2.67. The van der Waals surface area contributed by atoms with Gasteiger partial charge in [0.25, 0.3) is 5.56 Å². The lowest BCUT2D eigenvalue weighted by Gasteiger charge is -2.28. The van der Waals surface area contributed by atoms with E-state index >= 15 is 0 Å². The second-order valence-corrected chi connectivity index (χ2v) is 6.15. The molecule has 124 valence electrons. The molecule has 1 aromatic carbocycles. The van der Waals surface area contributed by atoms with E-state index in [9.17, 15) is 9.90 Å². The number of fused-ring (bicyclic) bond motifs is 1. The van der Waals surface area contributed by atoms with E-state index in [1.165, 1.54) is 6.20 Å². The monoisotopic (exact) mass is 325 g/mol. The molecule has 2 heterocycles. The first kappa shape index (κ1) is 14.9. The molecule has 1 saturated carbocycles. The Morgan fingerprint density at radius 3 is 2.79 bits per heavy atom. The molecule has 2 atom stereocenters. The Labute approximate surface area is 138 Å². The molecule has 0 spiro atoms. The molecule has 2 unspecified atom stereocenters. The third-order valence-corrected chi connectivity index (χ3v) is 4.49. The number of anilines is 1. The first-order valence-electron chi connectivity index (χ1n) is 8.20. The maximum Gasteiger partial charge on any atom is 0.263 e. The van der Waals surface area contributed by atoms with Gasteiger partial charge in [0.05, 0.1) is 24.0 Å². The molecule has 0 radical (unpaired) electrons. The minimum atomic E-state index is -0.418. The van der Waals surface area contributed by atoms with Crippen molar-refractivity contribution >= 4 is 17.0 Å². The maximum atomic E-state index is 12.3. The Bertz CT molecular complexity index is 902. The molecular formula is C17H19N5O2. The van der Waals surface area contributed by atoms with Gasteiger partial charge in [0.15, 0.2) is 5.65 Å². The topological polar surface area (TPSA) is 95.8 Å². The van der Waals surface area contributed by atoms with Gasteiger partial charge in [-0.3, -0.25) is 9.78 Å². The van der Waals surface area contributed by atoms with Gasteiger partial charge >= 0.3 is 0 Å². The van der Waals surface area contributed by atoms with Crippen LogP contribution in [0.5, 0.6) is 0 Å². The fourth-order valence-corrected chi connectivity index (χ4v) is 3.20. The number of para-hydroxylation sites is 1. The summed E-state index contributed by atoms with van der Waals surface area (Å²) in [4.78, 5) is 19.6. The summed E-state index contributed by atoms with van der Waals surface area (Å²) in [6, 6.07) is 9.47. The van der Waals surface area contributed by atoms with Gasteiger partial charge in [0.1, 0.15) is 5.39 Å². The number of aromatic amines is 1. The van der Waals surface area contributed by atoms with E-state index in [0.29, 0.717) is 17.0 Å². The minimum Gasteiger partial charge on any atom is -0.391 e. The first-order valence-corrected chi connectivity index (χ1v) is 8.20. The molecule has 1 aliphatic carbocycles. The van der Waals surface area contributed by atoms with Crippen molar-refractivity contribution in [1.82, 2.24) is 19.7 Å². The number of aliphatic hydroxyl groups excluding tert-OH is 1. The van der Waals surface area contributed by atoms with Crippen molar-refractivity contribution in [3.8, 4) is 5.69 Å². The van der Waals surface area contributed by atoms with E-state index in [4.69, 9.17) is 0 Å². The molecule has 0 bridgehead atoms. The van der Waals surface area contributed by atoms with E-state index in [1.807, 2.05) is 30.3 Å². The second-order valence-electron chi connectivity index (χ2n) is 6.15. The highest BCUT2D eigenvalue weighted by atomic mass is 16.3. The molecule has 0 aliphatic heterocycles. The van der Waals surface area contributed by atoms with Gasteiger partial charge in [-0.15, -0.1) is 0 Å². The van der Waals surface area contributed by atoms with Crippen molar-refractivity contribution in [3.63, 3.8) is 0 Å². The lowest BCUT2D eigenvalue weighted by atomic mass is 9.93. The van der Waals surface area contributed by atoms with Gasteiger partial charge in [-0.2, -0.15) is 10.1 Å². The zero-order valence-electron chi connectivity index (χ0n) is 13.1. The van der Waals surface area contributed by atoms with Gasteiger partial charge in [0.2, 0.25) is 5.95 Å². The number of nitrogens with one attached hydrogen (secondary N) is 2. The standard InChI is InChI=1S/C17H19N5O2/c23-14-9-5-4-8-13(14)19-17-20-15-12(16(24)21-17)10-18-22(15)11-6-2-1-3-7-11/h1-3,6-7,10,13-14,23H,4-5,8-9H2,(H2,19,20,21,24). The molecule has 7 heteroatoms. The molecule has 2 aromatic heterocycles. The van der Waals surface area contributed by atoms with Crippen molar-refractivity contribution in [2.45, 2.75) is 37.8 Å². The minimum absolute atomic E-state index is 0.0903. The van der Waals surface area contributed by atoms with Crippen LogP contribution >= 0.6 is 0 Å². The maximum absolute atomic E-state index is 12.3. The molecule has 24 heavy (non-hydrogen) atoms. The quantitative estimate of drug-likeness (QED) is 0.683. The van der Waals surface area contributed by atoms with Gasteiger partial charge < -0.3 is 10.4 Å². The largest absolute Gasteiger partial charge is 0.391 e. The molecule has 7 nitrogen and oxygen atoms in total. The predicted octanol–water partition coefficient (Wildman–Crippen LogP) is 1.82. The van der Waals surface area contributed by atoms with Crippen LogP contribution in [-0.4, -0.2) is 37.0 Å². The highest BCUT2D eigenvalue weighted by molar-refractivity contribution is 5.76. The molecule has 0 amide bonds. The number of hydrogen-bond acceptors (Lipinski definition) is 5. The van der Waals surface area contributed by atoms with Crippen molar-refractivity contribution in [2.75, 3.05) is 5.32 Å². The normalized spacial score (nSPS) is 21.0. The van der Waals surface area contributed by atoms with Crippen molar-refractivity contribution in [2.24, 2.45) is 0 Å². The number of hydrogen-bond donors (Lipinski definition) is 3. The predicted molar refractivity (Wildman–Crippen MR) is 91.4 cm³/mol. The number of nitrogens with zero attached hydrogens (tertiary/aromatic N) is 3. The SMILES string of the molecule is O=c1[nH]c(NC2CCCCC2O)nc2c1cnn2-c1ccccc1. The molecular weight excluding hydrogens is 306 g/mol. The van der Waals surface area contributed by atoms with Gasteiger partial charge in [-0.25, -0.2) is 4.68 Å². The Morgan fingerprint density at radius 2 is 2.00 bits per heavy atom. The molecule has 4 rings (SSSR count). The van der Waals surface area contributed by atoms with Crippen LogP contribution in [0, 0.1) is 0 Å². The lowest BCUT2D eigenvalue weighted by Crippen LogP contribution is -2.37. The molecule has 0 saturated heterocycles. The van der Waals surface area contributed by atoms with Crippen LogP contribution in [0.25, 0.3) is 16.7 Å². The molecule has 1 fully saturated rings. The highest BCUT2D eigenvalue weighted by Crippen LogP contribution is 2.21. The second kappa shape index (κ2) is 6.09. The summed E-state index contributed by atoms with van der Waals surface area (Å²) in [5.74, 6) is 0.371. The molecule has 1 aliphatic rings. The van der Waals surface area contributed by atoms with E-state index in [-0.39, 0.29) is 11.6 Å². The Kier molecular flexibility index (Phi) is 3.78. The van der Waals surface area contributed by atoms with Crippen molar-refractivity contribution < 1.29 is 5.11 Å². The molecule has 3 N–H and O–H groups in total. The van der Waals surface area contributed by atoms with Gasteiger partial charge in [0, 0.05) is 0 Å². The summed E-state index contributed by atoms with van der Waals surface area (Å²) in [6.07, 6.45) is 4.82. The fraction of sp³-hybridized carbons (Fsp3) is 0.353. The smallest absolute Gasteiger partial charge is 0.263 e. The average molecular weight is 325 g/mol. The van der Waals surface area contributed by atoms with Crippen LogP contribution in [0.4, 0.5) is 5.95 Å². The van der Waals surface area contributed by atoms with Crippen LogP contribution in [0.15, 0.2) is 41.3 Å². The van der Waals surface area contributed by atoms with Gasteiger partial charge in [-0.1, -0.05) is 31.0 Å².